The third kappa shape index (κ3) is 245. The minimum Gasteiger partial charge on any atom is -0.346 e. The largest absolute Gasteiger partial charge is 1.00 e. The first-order chi connectivity index (χ1) is 15.4. The summed E-state index contributed by atoms with van der Waals surface area (Å²) in [5.41, 5.74) is 0.500. The quantitative estimate of drug-likeness (QED) is 0.251. The van der Waals surface area contributed by atoms with Gasteiger partial charge in [0.15, 0.2) is 0 Å². The molecule has 0 aromatic carbocycles. The number of hydrogen-bond acceptors (Lipinski definition) is 2. The van der Waals surface area contributed by atoms with Gasteiger partial charge in [-0.1, -0.05) is 123 Å². The van der Waals surface area contributed by atoms with Crippen LogP contribution in [-0.4, -0.2) is 19.0 Å². The van der Waals surface area contributed by atoms with Gasteiger partial charge in [0.2, 0.25) is 0 Å². The minimum absolute atomic E-state index is 0. The Labute approximate surface area is 263 Å². The van der Waals surface area contributed by atoms with Crippen LogP contribution in [0.4, 0.5) is 0 Å². The first-order valence-corrected chi connectivity index (χ1v) is 13.3. The molecule has 2 aliphatic heterocycles. The molecule has 0 saturated carbocycles. The van der Waals surface area contributed by atoms with Gasteiger partial charge in [-0.05, 0) is 23.3 Å². The monoisotopic (exact) mass is 508 g/mol. The molecule has 2 nitrogen and oxygen atoms in total. The molecule has 3 heteroatoms. The van der Waals surface area contributed by atoms with Gasteiger partial charge in [-0.15, -0.1) is 0 Å². The molecule has 0 fully saturated rings. The molecular weight excluding hydrogens is 439 g/mol. The van der Waals surface area contributed by atoms with Gasteiger partial charge >= 0.3 is 51.4 Å². The van der Waals surface area contributed by atoms with Crippen LogP contribution in [-0.2, 0) is 0 Å². The van der Waals surface area contributed by atoms with E-state index in [0.717, 1.165) is 37.6 Å². The number of allylic oxidation sites excluding steroid dienone is 2. The van der Waals surface area contributed by atoms with Crippen LogP contribution in [0.5, 0.6) is 0 Å². The second-order valence-electron chi connectivity index (χ2n) is 9.07. The number of hydrogen-bond donors (Lipinski definition) is 0. The topological polar surface area (TPSA) is 24.7 Å². The number of rotatable bonds is 1. The Morgan fingerprint density at radius 1 is 0.735 bits per heavy atom. The zero-order valence-corrected chi connectivity index (χ0v) is 30.4. The molecule has 0 aromatic rings. The van der Waals surface area contributed by atoms with E-state index in [4.69, 9.17) is 0 Å². The molecule has 2 rings (SSSR count). The van der Waals surface area contributed by atoms with Crippen LogP contribution in [0, 0.1) is 31.1 Å². The zero-order chi connectivity index (χ0) is 28.1. The molecule has 34 heavy (non-hydrogen) atoms. The molecule has 204 valence electrons. The van der Waals surface area contributed by atoms with E-state index in [1.807, 2.05) is 66.0 Å². The summed E-state index contributed by atoms with van der Waals surface area (Å²) in [6, 6.07) is 0. The summed E-state index contributed by atoms with van der Waals surface area (Å²) in [6.45, 7) is 41.7. The van der Waals surface area contributed by atoms with Gasteiger partial charge < -0.3 is 13.8 Å². The van der Waals surface area contributed by atoms with E-state index in [-0.39, 0.29) is 51.4 Å². The van der Waals surface area contributed by atoms with E-state index >= 15 is 0 Å². The van der Waals surface area contributed by atoms with Gasteiger partial charge in [-0.25, -0.2) is 12.8 Å². The van der Waals surface area contributed by atoms with Crippen molar-refractivity contribution >= 4 is 12.4 Å². The molecule has 0 radical (unpaired) electrons. The Morgan fingerprint density at radius 2 is 1.06 bits per heavy atom. The van der Waals surface area contributed by atoms with Gasteiger partial charge in [-0.2, -0.15) is 0 Å². The van der Waals surface area contributed by atoms with Crippen molar-refractivity contribution < 1.29 is 51.4 Å². The van der Waals surface area contributed by atoms with Crippen LogP contribution in [0.25, 0.3) is 0 Å². The Morgan fingerprint density at radius 3 is 1.12 bits per heavy atom. The molecular formula is C31H68KN2-. The first-order valence-electron chi connectivity index (χ1n) is 13.3. The maximum atomic E-state index is 3.85. The molecule has 0 saturated heterocycles. The van der Waals surface area contributed by atoms with E-state index in [0.29, 0.717) is 5.41 Å². The summed E-state index contributed by atoms with van der Waals surface area (Å²) in [7, 11) is 0. The van der Waals surface area contributed by atoms with E-state index in [1.54, 1.807) is 12.4 Å². The Hall–Kier alpha value is 0.456. The summed E-state index contributed by atoms with van der Waals surface area (Å²) in [5.74, 6) is 1.67. The van der Waals surface area contributed by atoms with Crippen LogP contribution in [0.2, 0.25) is 0 Å². The van der Waals surface area contributed by atoms with Crippen LogP contribution < -0.4 is 51.4 Å². The molecule has 0 amide bonds. The van der Waals surface area contributed by atoms with E-state index < -0.39 is 0 Å². The molecule has 0 atom stereocenters. The smallest absolute Gasteiger partial charge is 0.346 e. The standard InChI is InChI=1S/C5H12.2C4H5N.2C4H10.C4H8.3C2H6.K/c1-5(2,3)4;2*1-2-4-5-3-1;2*1-4(2)3;1-3-4-2;3*1-2;/h1-4H3;1,3-4H,2H2;1-3H,4H2;2*4H,1-3H3;1-4H2;3*1-2H3;/q;;;;;-2;;;;+1. The second-order valence-corrected chi connectivity index (χ2v) is 9.07. The van der Waals surface area contributed by atoms with Crippen molar-refractivity contribution in [3.05, 3.63) is 38.3 Å². The van der Waals surface area contributed by atoms with Crippen molar-refractivity contribution in [1.82, 2.24) is 0 Å². The minimum atomic E-state index is 0. The molecule has 0 N–H and O–H groups in total. The average molecular weight is 508 g/mol. The van der Waals surface area contributed by atoms with E-state index in [2.05, 4.69) is 93.1 Å². The van der Waals surface area contributed by atoms with Crippen molar-refractivity contribution in [2.24, 2.45) is 27.2 Å². The summed E-state index contributed by atoms with van der Waals surface area (Å²) in [5, 5.41) is 0. The van der Waals surface area contributed by atoms with Gasteiger partial charge in [-0.3, -0.25) is 9.98 Å². The van der Waals surface area contributed by atoms with Crippen molar-refractivity contribution in [3.63, 3.8) is 0 Å². The predicted molar refractivity (Wildman–Crippen MR) is 165 cm³/mol. The third-order valence-corrected chi connectivity index (χ3v) is 1.33. The van der Waals surface area contributed by atoms with Gasteiger partial charge in [0.1, 0.15) is 0 Å². The van der Waals surface area contributed by atoms with Crippen molar-refractivity contribution in [2.45, 2.75) is 130 Å². The molecule has 0 spiro atoms. The third-order valence-electron chi connectivity index (χ3n) is 1.33. The second kappa shape index (κ2) is 58.9. The SMILES string of the molecule is C1=CCN=C1.C1=CN=CC1.CC.CC.CC.CC(C)(C)C.CC(C)C.CC(C)C.[CH2-]CC[CH2-].[K+]. The van der Waals surface area contributed by atoms with Crippen LogP contribution in [0.3, 0.4) is 0 Å². The molecule has 2 heterocycles. The molecule has 0 aliphatic carbocycles. The van der Waals surface area contributed by atoms with E-state index in [9.17, 15) is 0 Å². The number of aliphatic imine (C=N–C) groups is 2. The van der Waals surface area contributed by atoms with Gasteiger partial charge in [0.25, 0.3) is 0 Å². The summed E-state index contributed by atoms with van der Waals surface area (Å²) >= 11 is 0. The van der Waals surface area contributed by atoms with E-state index in [1.165, 1.54) is 0 Å². The fourth-order valence-corrected chi connectivity index (χ4v) is 0.609. The maximum absolute atomic E-state index is 3.85. The number of unbranched alkanes of at least 4 members (excludes halogenated alkanes) is 1. The van der Waals surface area contributed by atoms with Gasteiger partial charge in [0, 0.05) is 25.0 Å². The van der Waals surface area contributed by atoms with Crippen LogP contribution >= 0.6 is 0 Å². The average Bonchev–Trinajstić information content (AvgIpc) is 3.49. The van der Waals surface area contributed by atoms with Crippen LogP contribution in [0.15, 0.2) is 34.4 Å². The Bertz CT molecular complexity index is 299. The summed E-state index contributed by atoms with van der Waals surface area (Å²) < 4.78 is 0. The molecule has 0 aromatic heterocycles. The molecule has 0 bridgehead atoms. The Kier molecular flexibility index (Phi) is 95.5. The van der Waals surface area contributed by atoms with Gasteiger partial charge in [0.05, 0.1) is 6.54 Å². The summed E-state index contributed by atoms with van der Waals surface area (Å²) in [6.07, 6.45) is 14.4. The van der Waals surface area contributed by atoms with Crippen molar-refractivity contribution in [1.29, 1.82) is 0 Å². The maximum Gasteiger partial charge on any atom is 1.00 e. The fourth-order valence-electron chi connectivity index (χ4n) is 0.609. The fraction of sp³-hybridized carbons (Fsp3) is 0.742. The predicted octanol–water partition coefficient (Wildman–Crippen LogP) is 8.50. The zero-order valence-electron chi connectivity index (χ0n) is 27.3. The van der Waals surface area contributed by atoms with Crippen molar-refractivity contribution in [3.8, 4) is 0 Å². The number of nitrogens with zero attached hydrogens (tertiary/aromatic N) is 2. The van der Waals surface area contributed by atoms with Crippen molar-refractivity contribution in [2.75, 3.05) is 6.54 Å². The van der Waals surface area contributed by atoms with Crippen LogP contribution in [0.1, 0.15) is 130 Å². The molecule has 2 aliphatic rings. The normalized spacial score (nSPS) is 10.5. The first kappa shape index (κ1) is 55.1. The Balaban J connectivity index is -0.0000000380. The molecule has 0 unspecified atom stereocenters. The summed E-state index contributed by atoms with van der Waals surface area (Å²) in [4.78, 5) is 7.62.